The highest BCUT2D eigenvalue weighted by atomic mass is 79.9. The Morgan fingerprint density at radius 1 is 1.17 bits per heavy atom. The molecular weight excluding hydrogens is 292 g/mol. The summed E-state index contributed by atoms with van der Waals surface area (Å²) >= 11 is 3.48. The highest BCUT2D eigenvalue weighted by Crippen LogP contribution is 2.34. The lowest BCUT2D eigenvalue weighted by molar-refractivity contribution is 0.214. The third-order valence-corrected chi connectivity index (χ3v) is 3.78. The lowest BCUT2D eigenvalue weighted by atomic mass is 9.99. The van der Waals surface area contributed by atoms with Gasteiger partial charge in [-0.1, -0.05) is 46.3 Å². The fraction of sp³-hybridized carbons (Fsp3) is 0.200. The van der Waals surface area contributed by atoms with Gasteiger partial charge in [-0.15, -0.1) is 0 Å². The van der Waals surface area contributed by atoms with Crippen LogP contribution in [0, 0.1) is 6.92 Å². The summed E-state index contributed by atoms with van der Waals surface area (Å²) in [5.41, 5.74) is 2.70. The van der Waals surface area contributed by atoms with E-state index in [9.17, 15) is 5.11 Å². The monoisotopic (exact) mass is 306 g/mol. The summed E-state index contributed by atoms with van der Waals surface area (Å²) < 4.78 is 6.31. The van der Waals surface area contributed by atoms with E-state index in [-0.39, 0.29) is 0 Å². The second-order valence-electron chi connectivity index (χ2n) is 4.16. The third kappa shape index (κ3) is 2.57. The number of ether oxygens (including phenoxy) is 1. The zero-order valence-electron chi connectivity index (χ0n) is 10.4. The van der Waals surface area contributed by atoms with Gasteiger partial charge in [0.05, 0.1) is 7.11 Å². The van der Waals surface area contributed by atoms with E-state index in [1.807, 2.05) is 49.4 Å². The molecule has 2 rings (SSSR count). The minimum Gasteiger partial charge on any atom is -0.496 e. The second kappa shape index (κ2) is 5.55. The average Bonchev–Trinajstić information content (AvgIpc) is 2.41. The van der Waals surface area contributed by atoms with Gasteiger partial charge in [-0.05, 0) is 30.2 Å². The molecule has 2 aromatic carbocycles. The number of aliphatic hydroxyl groups excluding tert-OH is 1. The van der Waals surface area contributed by atoms with Gasteiger partial charge in [0.25, 0.3) is 0 Å². The second-order valence-corrected chi connectivity index (χ2v) is 5.01. The molecule has 0 saturated heterocycles. The third-order valence-electron chi connectivity index (χ3n) is 2.92. The largest absolute Gasteiger partial charge is 0.496 e. The minimum atomic E-state index is -0.682. The van der Waals surface area contributed by atoms with Gasteiger partial charge in [-0.3, -0.25) is 0 Å². The number of methoxy groups -OCH3 is 1. The van der Waals surface area contributed by atoms with Gasteiger partial charge in [0.2, 0.25) is 0 Å². The van der Waals surface area contributed by atoms with Gasteiger partial charge in [0, 0.05) is 10.0 Å². The number of hydrogen-bond donors (Lipinski definition) is 1. The average molecular weight is 307 g/mol. The van der Waals surface area contributed by atoms with E-state index in [0.29, 0.717) is 5.75 Å². The maximum atomic E-state index is 10.4. The fourth-order valence-electron chi connectivity index (χ4n) is 1.88. The number of rotatable bonds is 3. The summed E-state index contributed by atoms with van der Waals surface area (Å²) in [5.74, 6) is 0.701. The van der Waals surface area contributed by atoms with Crippen molar-refractivity contribution in [1.29, 1.82) is 0 Å². The molecule has 1 atom stereocenters. The molecule has 18 heavy (non-hydrogen) atoms. The van der Waals surface area contributed by atoms with Crippen LogP contribution in [0.5, 0.6) is 5.75 Å². The Kier molecular flexibility index (Phi) is 4.04. The van der Waals surface area contributed by atoms with Crippen molar-refractivity contribution in [1.82, 2.24) is 0 Å². The van der Waals surface area contributed by atoms with E-state index in [0.717, 1.165) is 21.2 Å². The van der Waals surface area contributed by atoms with E-state index in [2.05, 4.69) is 15.9 Å². The van der Waals surface area contributed by atoms with E-state index < -0.39 is 6.10 Å². The summed E-state index contributed by atoms with van der Waals surface area (Å²) in [7, 11) is 1.61. The molecule has 0 amide bonds. The first-order chi connectivity index (χ1) is 8.63. The van der Waals surface area contributed by atoms with Crippen LogP contribution in [-0.2, 0) is 0 Å². The molecule has 0 spiro atoms. The summed E-state index contributed by atoms with van der Waals surface area (Å²) in [6.07, 6.45) is -0.682. The maximum Gasteiger partial charge on any atom is 0.125 e. The molecule has 3 heteroatoms. The van der Waals surface area contributed by atoms with Crippen molar-refractivity contribution in [3.8, 4) is 5.75 Å². The van der Waals surface area contributed by atoms with E-state index in [4.69, 9.17) is 4.74 Å². The van der Waals surface area contributed by atoms with Crippen molar-refractivity contribution in [3.05, 3.63) is 63.6 Å². The molecule has 0 aromatic heterocycles. The Hall–Kier alpha value is -1.32. The molecule has 0 radical (unpaired) electrons. The quantitative estimate of drug-likeness (QED) is 0.933. The number of hydrogen-bond acceptors (Lipinski definition) is 2. The highest BCUT2D eigenvalue weighted by molar-refractivity contribution is 9.10. The molecule has 94 valence electrons. The predicted molar refractivity (Wildman–Crippen MR) is 75.9 cm³/mol. The molecule has 2 nitrogen and oxygen atoms in total. The lowest BCUT2D eigenvalue weighted by Gasteiger charge is -2.16. The minimum absolute atomic E-state index is 0.682. The van der Waals surface area contributed by atoms with Crippen LogP contribution in [0.1, 0.15) is 22.8 Å². The Bertz CT molecular complexity index is 538. The molecule has 1 unspecified atom stereocenters. The molecular formula is C15H15BrO2. The highest BCUT2D eigenvalue weighted by Gasteiger charge is 2.16. The van der Waals surface area contributed by atoms with Crippen molar-refractivity contribution in [2.75, 3.05) is 7.11 Å². The number of aryl methyl sites for hydroxylation is 1. The molecule has 0 aliphatic rings. The Morgan fingerprint density at radius 3 is 2.44 bits per heavy atom. The van der Waals surface area contributed by atoms with Gasteiger partial charge < -0.3 is 9.84 Å². The van der Waals surface area contributed by atoms with Crippen molar-refractivity contribution in [2.45, 2.75) is 13.0 Å². The normalized spacial score (nSPS) is 12.2. The van der Waals surface area contributed by atoms with Gasteiger partial charge in [-0.25, -0.2) is 0 Å². The SMILES string of the molecule is COc1cc(C)c(Br)cc1C(O)c1ccccc1. The molecule has 0 bridgehead atoms. The first-order valence-corrected chi connectivity index (χ1v) is 6.50. The summed E-state index contributed by atoms with van der Waals surface area (Å²) in [6.45, 7) is 1.99. The summed E-state index contributed by atoms with van der Waals surface area (Å²) in [4.78, 5) is 0. The van der Waals surface area contributed by atoms with Gasteiger partial charge in [-0.2, -0.15) is 0 Å². The van der Waals surface area contributed by atoms with Crippen molar-refractivity contribution in [3.63, 3.8) is 0 Å². The first kappa shape index (κ1) is 13.1. The molecule has 0 fully saturated rings. The van der Waals surface area contributed by atoms with Crippen LogP contribution in [0.3, 0.4) is 0 Å². The first-order valence-electron chi connectivity index (χ1n) is 5.70. The Balaban J connectivity index is 2.47. The molecule has 0 aliphatic carbocycles. The van der Waals surface area contributed by atoms with E-state index >= 15 is 0 Å². The number of aliphatic hydroxyl groups is 1. The molecule has 1 N–H and O–H groups in total. The van der Waals surface area contributed by atoms with Gasteiger partial charge >= 0.3 is 0 Å². The maximum absolute atomic E-state index is 10.4. The smallest absolute Gasteiger partial charge is 0.125 e. The zero-order valence-corrected chi connectivity index (χ0v) is 11.9. The molecule has 2 aromatic rings. The summed E-state index contributed by atoms with van der Waals surface area (Å²) in [6, 6.07) is 13.4. The zero-order chi connectivity index (χ0) is 13.1. The van der Waals surface area contributed by atoms with Crippen LogP contribution in [0.2, 0.25) is 0 Å². The predicted octanol–water partition coefficient (Wildman–Crippen LogP) is 3.85. The Labute approximate surface area is 115 Å². The van der Waals surface area contributed by atoms with Crippen LogP contribution < -0.4 is 4.74 Å². The van der Waals surface area contributed by atoms with E-state index in [1.54, 1.807) is 7.11 Å². The molecule has 0 saturated carbocycles. The number of benzene rings is 2. The van der Waals surface area contributed by atoms with Crippen LogP contribution in [0.25, 0.3) is 0 Å². The molecule has 0 aliphatic heterocycles. The van der Waals surface area contributed by atoms with Crippen LogP contribution in [0.4, 0.5) is 0 Å². The van der Waals surface area contributed by atoms with Crippen LogP contribution in [0.15, 0.2) is 46.9 Å². The van der Waals surface area contributed by atoms with Gasteiger partial charge in [0.1, 0.15) is 11.9 Å². The van der Waals surface area contributed by atoms with Crippen LogP contribution in [-0.4, -0.2) is 12.2 Å². The topological polar surface area (TPSA) is 29.5 Å². The van der Waals surface area contributed by atoms with Crippen LogP contribution >= 0.6 is 15.9 Å². The van der Waals surface area contributed by atoms with Crippen molar-refractivity contribution < 1.29 is 9.84 Å². The van der Waals surface area contributed by atoms with E-state index in [1.165, 1.54) is 0 Å². The lowest BCUT2D eigenvalue weighted by Crippen LogP contribution is -2.03. The number of halogens is 1. The molecule has 0 heterocycles. The van der Waals surface area contributed by atoms with Crippen molar-refractivity contribution >= 4 is 15.9 Å². The fourth-order valence-corrected chi connectivity index (χ4v) is 2.24. The van der Waals surface area contributed by atoms with Crippen molar-refractivity contribution in [2.24, 2.45) is 0 Å². The standard InChI is InChI=1S/C15H15BrO2/c1-10-8-14(18-2)12(9-13(10)16)15(17)11-6-4-3-5-7-11/h3-9,15,17H,1-2H3. The summed E-state index contributed by atoms with van der Waals surface area (Å²) in [5, 5.41) is 10.4. The Morgan fingerprint density at radius 2 is 1.83 bits per heavy atom. The van der Waals surface area contributed by atoms with Gasteiger partial charge in [0.15, 0.2) is 0 Å².